The van der Waals surface area contributed by atoms with E-state index in [1.54, 1.807) is 6.92 Å². The molecule has 0 saturated carbocycles. The van der Waals surface area contributed by atoms with Crippen molar-refractivity contribution in [3.63, 3.8) is 0 Å². The van der Waals surface area contributed by atoms with Crippen molar-refractivity contribution < 1.29 is 18.0 Å². The molecule has 1 heterocycles. The minimum absolute atomic E-state index is 0.215. The van der Waals surface area contributed by atoms with E-state index < -0.39 is 12.0 Å². The Morgan fingerprint density at radius 1 is 1.54 bits per heavy atom. The topological polar surface area (TPSA) is 17.1 Å². The van der Waals surface area contributed by atoms with Gasteiger partial charge < -0.3 is 0 Å². The molecule has 0 saturated heterocycles. The number of rotatable bonds is 1. The van der Waals surface area contributed by atoms with E-state index in [0.29, 0.717) is 16.9 Å². The summed E-state index contributed by atoms with van der Waals surface area (Å²) in [6.45, 7) is 1.55. The molecular weight excluding hydrogens is 225 g/mol. The maximum Gasteiger partial charge on any atom is 0.455 e. The van der Waals surface area contributed by atoms with Crippen LogP contribution in [0, 0.1) is 6.92 Å². The maximum atomic E-state index is 11.9. The van der Waals surface area contributed by atoms with Gasteiger partial charge in [-0.2, -0.15) is 13.2 Å². The molecule has 0 radical (unpaired) electrons. The molecular formula is C7H4ClF3OS. The Morgan fingerprint density at radius 3 is 2.38 bits per heavy atom. The average Bonchev–Trinajstić information content (AvgIpc) is 2.29. The van der Waals surface area contributed by atoms with Crippen LogP contribution in [0.15, 0.2) is 6.07 Å². The summed E-state index contributed by atoms with van der Waals surface area (Å²) in [4.78, 5) is 10.3. The second-order valence-electron chi connectivity index (χ2n) is 2.39. The minimum Gasteiger partial charge on any atom is -0.283 e. The van der Waals surface area contributed by atoms with Crippen LogP contribution in [-0.2, 0) is 0 Å². The molecule has 0 aliphatic carbocycles. The van der Waals surface area contributed by atoms with Crippen molar-refractivity contribution in [2.45, 2.75) is 13.1 Å². The fraction of sp³-hybridized carbons (Fsp3) is 0.286. The lowest BCUT2D eigenvalue weighted by Gasteiger charge is -2.00. The van der Waals surface area contributed by atoms with Gasteiger partial charge in [-0.15, -0.1) is 11.3 Å². The number of thiophene rings is 1. The Hall–Kier alpha value is -0.550. The van der Waals surface area contributed by atoms with E-state index in [9.17, 15) is 18.0 Å². The van der Waals surface area contributed by atoms with Crippen LogP contribution in [0.4, 0.5) is 13.2 Å². The zero-order chi connectivity index (χ0) is 10.2. The summed E-state index contributed by atoms with van der Waals surface area (Å²) in [6.07, 6.45) is -4.82. The highest BCUT2D eigenvalue weighted by molar-refractivity contribution is 7.18. The highest BCUT2D eigenvalue weighted by atomic mass is 35.5. The summed E-state index contributed by atoms with van der Waals surface area (Å²) in [5.74, 6) is -1.84. The number of ketones is 1. The molecule has 0 aromatic carbocycles. The highest BCUT2D eigenvalue weighted by Crippen LogP contribution is 2.31. The number of Topliss-reactive ketones (excluding diaryl/α,β-unsaturated/α-hetero) is 1. The standard InChI is InChI=1S/C7H4ClF3OS/c1-3-2-4(13-6(3)8)5(12)7(9,10)11/h2H,1H3. The van der Waals surface area contributed by atoms with Crippen molar-refractivity contribution in [1.82, 2.24) is 0 Å². The monoisotopic (exact) mass is 228 g/mol. The number of carbonyl (C=O) groups is 1. The predicted molar refractivity (Wildman–Crippen MR) is 44.5 cm³/mol. The quantitative estimate of drug-likeness (QED) is 0.673. The SMILES string of the molecule is Cc1cc(C(=O)C(F)(F)F)sc1Cl. The normalized spacial score (nSPS) is 11.8. The van der Waals surface area contributed by atoms with E-state index in [1.165, 1.54) is 0 Å². The number of halogens is 4. The molecule has 1 nitrogen and oxygen atoms in total. The summed E-state index contributed by atoms with van der Waals surface area (Å²) in [5.41, 5.74) is 0.485. The third kappa shape index (κ3) is 2.22. The van der Waals surface area contributed by atoms with Gasteiger partial charge in [0.15, 0.2) is 0 Å². The van der Waals surface area contributed by atoms with E-state index in [4.69, 9.17) is 11.6 Å². The van der Waals surface area contributed by atoms with Gasteiger partial charge in [0.2, 0.25) is 0 Å². The molecule has 6 heteroatoms. The van der Waals surface area contributed by atoms with Crippen LogP contribution in [0.2, 0.25) is 4.34 Å². The molecule has 0 unspecified atom stereocenters. The number of hydrogen-bond donors (Lipinski definition) is 0. The molecule has 0 aliphatic heterocycles. The third-order valence-electron chi connectivity index (χ3n) is 1.34. The van der Waals surface area contributed by atoms with Crippen molar-refractivity contribution >= 4 is 28.7 Å². The zero-order valence-corrected chi connectivity index (χ0v) is 7.98. The van der Waals surface area contributed by atoms with Gasteiger partial charge in [-0.3, -0.25) is 4.79 Å². The summed E-state index contributed by atoms with van der Waals surface area (Å²) >= 11 is 6.17. The molecule has 0 atom stereocenters. The molecule has 0 aliphatic rings. The van der Waals surface area contributed by atoms with Gasteiger partial charge in [-0.05, 0) is 18.6 Å². The van der Waals surface area contributed by atoms with Crippen molar-refractivity contribution in [3.8, 4) is 0 Å². The lowest BCUT2D eigenvalue weighted by molar-refractivity contribution is -0.0882. The first-order valence-corrected chi connectivity index (χ1v) is 4.39. The fourth-order valence-electron chi connectivity index (χ4n) is 0.711. The minimum atomic E-state index is -4.82. The van der Waals surface area contributed by atoms with Crippen LogP contribution < -0.4 is 0 Å². The van der Waals surface area contributed by atoms with Gasteiger partial charge in [0, 0.05) is 0 Å². The largest absolute Gasteiger partial charge is 0.455 e. The molecule has 0 bridgehead atoms. The number of alkyl halides is 3. The first-order valence-electron chi connectivity index (χ1n) is 3.20. The number of aryl methyl sites for hydroxylation is 1. The van der Waals surface area contributed by atoms with Crippen molar-refractivity contribution in [1.29, 1.82) is 0 Å². The lowest BCUT2D eigenvalue weighted by Crippen LogP contribution is -2.21. The molecule has 1 aromatic rings. The van der Waals surface area contributed by atoms with Gasteiger partial charge in [0.05, 0.1) is 9.21 Å². The van der Waals surface area contributed by atoms with E-state index in [0.717, 1.165) is 6.07 Å². The summed E-state index contributed by atoms with van der Waals surface area (Å²) in [7, 11) is 0. The molecule has 1 rings (SSSR count). The number of hydrogen-bond acceptors (Lipinski definition) is 2. The van der Waals surface area contributed by atoms with E-state index in [2.05, 4.69) is 0 Å². The first kappa shape index (κ1) is 10.5. The van der Waals surface area contributed by atoms with E-state index in [-0.39, 0.29) is 9.21 Å². The van der Waals surface area contributed by atoms with E-state index >= 15 is 0 Å². The molecule has 13 heavy (non-hydrogen) atoms. The van der Waals surface area contributed by atoms with E-state index in [1.807, 2.05) is 0 Å². The molecule has 0 spiro atoms. The molecule has 0 amide bonds. The zero-order valence-electron chi connectivity index (χ0n) is 6.41. The van der Waals surface area contributed by atoms with Gasteiger partial charge in [-0.25, -0.2) is 0 Å². The molecule has 0 fully saturated rings. The van der Waals surface area contributed by atoms with Crippen LogP contribution in [0.1, 0.15) is 15.2 Å². The third-order valence-corrected chi connectivity index (χ3v) is 2.89. The van der Waals surface area contributed by atoms with Crippen LogP contribution >= 0.6 is 22.9 Å². The van der Waals surface area contributed by atoms with Crippen molar-refractivity contribution in [2.75, 3.05) is 0 Å². The van der Waals surface area contributed by atoms with Crippen molar-refractivity contribution in [2.24, 2.45) is 0 Å². The smallest absolute Gasteiger partial charge is 0.283 e. The second-order valence-corrected chi connectivity index (χ2v) is 4.05. The summed E-state index contributed by atoms with van der Waals surface area (Å²) in [5, 5.41) is 0. The highest BCUT2D eigenvalue weighted by Gasteiger charge is 2.40. The Kier molecular flexibility index (Phi) is 2.68. The fourth-order valence-corrected chi connectivity index (χ4v) is 1.87. The van der Waals surface area contributed by atoms with Crippen LogP contribution in [0.3, 0.4) is 0 Å². The number of carbonyl (C=O) groups excluding carboxylic acids is 1. The average molecular weight is 229 g/mol. The summed E-state index contributed by atoms with van der Waals surface area (Å²) in [6, 6.07) is 1.14. The molecule has 72 valence electrons. The van der Waals surface area contributed by atoms with Gasteiger partial charge in [0.1, 0.15) is 0 Å². The summed E-state index contributed by atoms with van der Waals surface area (Å²) < 4.78 is 35.9. The van der Waals surface area contributed by atoms with Crippen molar-refractivity contribution in [3.05, 3.63) is 20.8 Å². The second kappa shape index (κ2) is 3.31. The van der Waals surface area contributed by atoms with Gasteiger partial charge in [0.25, 0.3) is 5.78 Å². The predicted octanol–water partition coefficient (Wildman–Crippen LogP) is 3.45. The Labute approximate surface area is 81.1 Å². The Bertz CT molecular complexity index is 322. The van der Waals surface area contributed by atoms with Crippen LogP contribution in [-0.4, -0.2) is 12.0 Å². The molecule has 1 aromatic heterocycles. The van der Waals surface area contributed by atoms with Gasteiger partial charge in [-0.1, -0.05) is 11.6 Å². The van der Waals surface area contributed by atoms with Crippen LogP contribution in [0.25, 0.3) is 0 Å². The maximum absolute atomic E-state index is 11.9. The van der Waals surface area contributed by atoms with Crippen LogP contribution in [0.5, 0.6) is 0 Å². The first-order chi connectivity index (χ1) is 5.82. The Morgan fingerprint density at radius 2 is 2.08 bits per heavy atom. The molecule has 0 N–H and O–H groups in total. The Balaban J connectivity index is 3.03. The lowest BCUT2D eigenvalue weighted by atomic mass is 10.3. The van der Waals surface area contributed by atoms with Gasteiger partial charge >= 0.3 is 6.18 Å².